The fraction of sp³-hybridized carbons (Fsp3) is 0.267. The molecule has 0 amide bonds. The van der Waals surface area contributed by atoms with Crippen molar-refractivity contribution in [1.29, 1.82) is 0 Å². The maximum absolute atomic E-state index is 2.32. The summed E-state index contributed by atoms with van der Waals surface area (Å²) in [6, 6.07) is 34.8. The zero-order valence-corrected chi connectivity index (χ0v) is 23.7. The van der Waals surface area contributed by atoms with E-state index < -0.39 is 0 Å². The molecule has 4 aromatic rings. The van der Waals surface area contributed by atoms with E-state index in [4.69, 9.17) is 0 Å². The fourth-order valence-electron chi connectivity index (χ4n) is 3.74. The van der Waals surface area contributed by atoms with Crippen molar-refractivity contribution >= 4 is 38.4 Å². The van der Waals surface area contributed by atoms with Crippen LogP contribution in [0.4, 0.5) is 0 Å². The third-order valence-electron chi connectivity index (χ3n) is 5.38. The first-order chi connectivity index (χ1) is 15.2. The fourth-order valence-corrected chi connectivity index (χ4v) is 7.04. The molecule has 0 saturated heterocycles. The summed E-state index contributed by atoms with van der Waals surface area (Å²) in [5, 5.41) is 5.94. The van der Waals surface area contributed by atoms with E-state index in [0.717, 1.165) is 0 Å². The predicted octanol–water partition coefficient (Wildman–Crippen LogP) is 6.66. The molecule has 0 aliphatic rings. The van der Waals surface area contributed by atoms with Crippen molar-refractivity contribution in [2.75, 3.05) is 0 Å². The van der Waals surface area contributed by atoms with Crippen molar-refractivity contribution in [2.24, 2.45) is 0 Å². The Morgan fingerprint density at radius 1 is 0.606 bits per heavy atom. The summed E-state index contributed by atoms with van der Waals surface area (Å²) in [6.07, 6.45) is 0. The third-order valence-corrected chi connectivity index (χ3v) is 8.45. The van der Waals surface area contributed by atoms with E-state index in [1.807, 2.05) is 30.3 Å². The van der Waals surface area contributed by atoms with Crippen molar-refractivity contribution in [1.82, 2.24) is 0 Å². The van der Waals surface area contributed by atoms with Gasteiger partial charge in [0.05, 0.1) is 0 Å². The molecule has 3 heteroatoms. The van der Waals surface area contributed by atoms with Gasteiger partial charge in [-0.05, 0) is 32.6 Å². The Balaban J connectivity index is 0.000000568. The Morgan fingerprint density at radius 2 is 1.06 bits per heavy atom. The monoisotopic (exact) mass is 514 g/mol. The van der Waals surface area contributed by atoms with Crippen molar-refractivity contribution in [3.05, 3.63) is 108 Å². The van der Waals surface area contributed by atoms with E-state index in [0.29, 0.717) is 17.2 Å². The molecule has 4 rings (SSSR count). The Morgan fingerprint density at radius 3 is 1.58 bits per heavy atom. The van der Waals surface area contributed by atoms with Gasteiger partial charge in [0.1, 0.15) is 0 Å². The van der Waals surface area contributed by atoms with Gasteiger partial charge in [0.25, 0.3) is 0 Å². The maximum atomic E-state index is 2.32. The van der Waals surface area contributed by atoms with E-state index in [2.05, 4.69) is 108 Å². The molecule has 0 bridgehead atoms. The summed E-state index contributed by atoms with van der Waals surface area (Å²) in [5.74, 6) is 0. The molecule has 4 aromatic carbocycles. The minimum atomic E-state index is 0. The summed E-state index contributed by atoms with van der Waals surface area (Å²) in [6.45, 7) is 13.9. The molecule has 2 unspecified atom stereocenters. The second-order valence-electron chi connectivity index (χ2n) is 10.2. The minimum Gasteiger partial charge on any atom is -0.748 e. The van der Waals surface area contributed by atoms with Gasteiger partial charge in [-0.1, -0.05) is 98.7 Å². The summed E-state index contributed by atoms with van der Waals surface area (Å²) in [7, 11) is 1.43. The van der Waals surface area contributed by atoms with Gasteiger partial charge in [-0.2, -0.15) is 6.07 Å². The van der Waals surface area contributed by atoms with Gasteiger partial charge in [0.2, 0.25) is 0 Å². The van der Waals surface area contributed by atoms with E-state index in [9.17, 15) is 0 Å². The van der Waals surface area contributed by atoms with E-state index >= 15 is 0 Å². The molecule has 33 heavy (non-hydrogen) atoms. The van der Waals surface area contributed by atoms with Crippen LogP contribution in [0.15, 0.2) is 97.1 Å². The zero-order valence-electron chi connectivity index (χ0n) is 20.6. The van der Waals surface area contributed by atoms with Crippen LogP contribution in [0.25, 0.3) is 0 Å². The van der Waals surface area contributed by atoms with Crippen LogP contribution in [0, 0.1) is 0 Å². The van der Waals surface area contributed by atoms with Crippen molar-refractivity contribution in [3.63, 3.8) is 0 Å². The molecule has 180 valence electrons. The summed E-state index contributed by atoms with van der Waals surface area (Å²) in [4.78, 5) is 0. The molecule has 0 spiro atoms. The molecule has 0 aliphatic heterocycles. The van der Waals surface area contributed by atoms with Gasteiger partial charge in [0, 0.05) is 17.1 Å². The van der Waals surface area contributed by atoms with Gasteiger partial charge >= 0.3 is 0 Å². The average Bonchev–Trinajstić information content (AvgIpc) is 3.43. The molecular weight excluding hydrogens is 478 g/mol. The van der Waals surface area contributed by atoms with E-state index in [1.54, 1.807) is 0 Å². The largest absolute Gasteiger partial charge is 0.748 e. The summed E-state index contributed by atoms with van der Waals surface area (Å²) < 4.78 is 0. The van der Waals surface area contributed by atoms with Crippen LogP contribution in [0.5, 0.6) is 0 Å². The molecule has 0 aromatic heterocycles. The van der Waals surface area contributed by atoms with Gasteiger partial charge < -0.3 is 30.3 Å². The SMILES string of the molecule is CC(C)(C)c1ccccc1Pc1ccc[c-]1Pc1ccccc1C(C)(C)C.[Fe].[cH-]1[cH-][cH-][cH-][cH-]1. The molecule has 0 saturated carbocycles. The van der Waals surface area contributed by atoms with E-state index in [1.165, 1.54) is 32.3 Å². The van der Waals surface area contributed by atoms with E-state index in [-0.39, 0.29) is 27.9 Å². The number of rotatable bonds is 4. The van der Waals surface area contributed by atoms with Crippen molar-refractivity contribution < 1.29 is 17.1 Å². The summed E-state index contributed by atoms with van der Waals surface area (Å²) in [5.41, 5.74) is 3.29. The first kappa shape index (κ1) is 27.8. The molecule has 0 aliphatic carbocycles. The summed E-state index contributed by atoms with van der Waals surface area (Å²) >= 11 is 0. The van der Waals surface area contributed by atoms with Crippen LogP contribution >= 0.6 is 17.2 Å². The van der Waals surface area contributed by atoms with Crippen LogP contribution in [0.2, 0.25) is 0 Å². The van der Waals surface area contributed by atoms with Gasteiger partial charge in [-0.3, -0.25) is 0 Å². The van der Waals surface area contributed by atoms with Gasteiger partial charge in [0.15, 0.2) is 0 Å². The molecule has 0 fully saturated rings. The number of hydrogen-bond acceptors (Lipinski definition) is 0. The Kier molecular flexibility index (Phi) is 10.3. The van der Waals surface area contributed by atoms with Crippen molar-refractivity contribution in [2.45, 2.75) is 52.4 Å². The molecule has 0 N–H and O–H groups in total. The topological polar surface area (TPSA) is 0 Å². The van der Waals surface area contributed by atoms with Crippen molar-refractivity contribution in [3.8, 4) is 0 Å². The zero-order chi connectivity index (χ0) is 23.2. The molecule has 0 heterocycles. The minimum absolute atomic E-state index is 0. The van der Waals surface area contributed by atoms with Gasteiger partial charge in [-0.25, -0.2) is 12.1 Å². The first-order valence-corrected chi connectivity index (χ1v) is 13.3. The second kappa shape index (κ2) is 12.3. The normalized spacial score (nSPS) is 12.1. The average molecular weight is 514 g/mol. The van der Waals surface area contributed by atoms with Crippen LogP contribution in [0.3, 0.4) is 0 Å². The second-order valence-corrected chi connectivity index (χ2v) is 12.8. The van der Waals surface area contributed by atoms with Crippen LogP contribution in [0.1, 0.15) is 52.7 Å². The molecule has 2 atom stereocenters. The maximum Gasteiger partial charge on any atom is 0 e. The number of hydrogen-bond donors (Lipinski definition) is 0. The Hall–Kier alpha value is -1.48. The van der Waals surface area contributed by atoms with Crippen LogP contribution < -0.4 is 21.2 Å². The molecule has 0 nitrogen and oxygen atoms in total. The Bertz CT molecular complexity index is 1000. The molecular formula is C30H36FeP2-6. The van der Waals surface area contributed by atoms with Crippen LogP contribution in [-0.4, -0.2) is 0 Å². The number of benzene rings is 2. The first-order valence-electron chi connectivity index (χ1n) is 11.3. The smallest absolute Gasteiger partial charge is 0 e. The van der Waals surface area contributed by atoms with Crippen LogP contribution in [-0.2, 0) is 27.9 Å². The predicted molar refractivity (Wildman–Crippen MR) is 150 cm³/mol. The quantitative estimate of drug-likeness (QED) is 0.162. The molecule has 0 radical (unpaired) electrons. The standard InChI is InChI=1S/C25H31P2.C5H5.Fe/c1-24(2,3)18-12-7-9-14-20(18)26-22-16-11-17-23(22)27-21-15-10-8-13-19(21)25(4,5)6;1-2-4-5-3-1;/h7-17,26-27H,1-6H3;1-5H;/q-1;-5;. The van der Waals surface area contributed by atoms with Gasteiger partial charge in [-0.15, -0.1) is 19.2 Å². The Labute approximate surface area is 215 Å². The third kappa shape index (κ3) is 8.05.